The summed E-state index contributed by atoms with van der Waals surface area (Å²) in [4.78, 5) is 17.6. The number of anilines is 3. The normalized spacial score (nSPS) is 15.5. The molecule has 1 saturated heterocycles. The Labute approximate surface area is 200 Å². The van der Waals surface area contributed by atoms with Crippen molar-refractivity contribution in [2.75, 3.05) is 17.7 Å². The Hall–Kier alpha value is -3.50. The van der Waals surface area contributed by atoms with Gasteiger partial charge in [-0.2, -0.15) is 15.0 Å². The van der Waals surface area contributed by atoms with E-state index in [0.29, 0.717) is 23.2 Å². The first kappa shape index (κ1) is 22.3. The second-order valence-corrected chi connectivity index (χ2v) is 8.83. The Balaban J connectivity index is 1.35. The van der Waals surface area contributed by atoms with E-state index in [4.69, 9.17) is 10.5 Å². The van der Waals surface area contributed by atoms with Gasteiger partial charge in [-0.1, -0.05) is 42.1 Å². The summed E-state index contributed by atoms with van der Waals surface area (Å²) in [5, 5.41) is 3.90. The number of imidazole rings is 1. The van der Waals surface area contributed by atoms with Crippen LogP contribution in [0.5, 0.6) is 0 Å². The van der Waals surface area contributed by atoms with Gasteiger partial charge in [0.1, 0.15) is 11.6 Å². The third-order valence-corrected chi connectivity index (χ3v) is 6.42. The van der Waals surface area contributed by atoms with E-state index >= 15 is 0 Å². The highest BCUT2D eigenvalue weighted by Crippen LogP contribution is 2.29. The van der Waals surface area contributed by atoms with Crippen LogP contribution < -0.4 is 11.1 Å². The topological polar surface area (TPSA) is 104 Å². The number of nitrogen functional groups attached to an aromatic ring is 1. The Kier molecular flexibility index (Phi) is 6.68. The molecule has 10 heteroatoms. The first-order chi connectivity index (χ1) is 16.6. The van der Waals surface area contributed by atoms with E-state index in [1.54, 1.807) is 12.1 Å². The minimum Gasteiger partial charge on any atom is -0.376 e. The number of hydrogen-bond acceptors (Lipinski definition) is 8. The predicted octanol–water partition coefficient (Wildman–Crippen LogP) is 4.67. The second-order valence-electron chi connectivity index (χ2n) is 7.89. The standard InChI is InChI=1S/C24H24FN7OS/c25-17-8-10-18(11-9-17)28-23-30-21(29-22(26)31-23)15-34-24-27-13-20(16-5-2-1-3-6-16)32(24)14-19-7-4-12-33-19/h1-3,5-6,8-11,13,19H,4,7,12,14-15H2,(H3,26,28,29,30,31). The Morgan fingerprint density at radius 1 is 1.09 bits per heavy atom. The molecule has 0 bridgehead atoms. The molecule has 0 amide bonds. The van der Waals surface area contributed by atoms with Crippen LogP contribution in [0.4, 0.5) is 22.0 Å². The van der Waals surface area contributed by atoms with E-state index in [2.05, 4.69) is 42.0 Å². The number of aromatic nitrogens is 5. The van der Waals surface area contributed by atoms with Crippen LogP contribution in [0.3, 0.4) is 0 Å². The van der Waals surface area contributed by atoms with Crippen LogP contribution in [-0.2, 0) is 17.0 Å². The summed E-state index contributed by atoms with van der Waals surface area (Å²) < 4.78 is 21.3. The van der Waals surface area contributed by atoms with Gasteiger partial charge in [-0.15, -0.1) is 0 Å². The molecule has 1 fully saturated rings. The van der Waals surface area contributed by atoms with Gasteiger partial charge < -0.3 is 20.4 Å². The Morgan fingerprint density at radius 3 is 2.68 bits per heavy atom. The van der Waals surface area contributed by atoms with Crippen LogP contribution in [-0.4, -0.2) is 37.2 Å². The molecule has 34 heavy (non-hydrogen) atoms. The molecule has 2 aromatic carbocycles. The molecule has 174 valence electrons. The summed E-state index contributed by atoms with van der Waals surface area (Å²) >= 11 is 1.54. The van der Waals surface area contributed by atoms with Gasteiger partial charge in [0.25, 0.3) is 0 Å². The van der Waals surface area contributed by atoms with Gasteiger partial charge in [0, 0.05) is 12.3 Å². The van der Waals surface area contributed by atoms with Crippen molar-refractivity contribution in [3.05, 3.63) is 72.4 Å². The highest BCUT2D eigenvalue weighted by molar-refractivity contribution is 7.98. The molecule has 2 aromatic heterocycles. The summed E-state index contributed by atoms with van der Waals surface area (Å²) in [6.45, 7) is 1.54. The maximum atomic E-state index is 13.2. The molecule has 0 radical (unpaired) electrons. The third kappa shape index (κ3) is 5.35. The average molecular weight is 478 g/mol. The van der Waals surface area contributed by atoms with Gasteiger partial charge in [0.15, 0.2) is 5.16 Å². The zero-order chi connectivity index (χ0) is 23.3. The lowest BCUT2D eigenvalue weighted by Crippen LogP contribution is -2.16. The van der Waals surface area contributed by atoms with E-state index < -0.39 is 0 Å². The van der Waals surface area contributed by atoms with Crippen LogP contribution in [0.15, 0.2) is 66.0 Å². The minimum atomic E-state index is -0.314. The van der Waals surface area contributed by atoms with Crippen molar-refractivity contribution in [3.8, 4) is 11.3 Å². The molecule has 8 nitrogen and oxygen atoms in total. The number of thioether (sulfide) groups is 1. The zero-order valence-corrected chi connectivity index (χ0v) is 19.2. The minimum absolute atomic E-state index is 0.114. The predicted molar refractivity (Wildman–Crippen MR) is 130 cm³/mol. The van der Waals surface area contributed by atoms with Crippen molar-refractivity contribution >= 4 is 29.3 Å². The number of nitrogens with zero attached hydrogens (tertiary/aromatic N) is 5. The largest absolute Gasteiger partial charge is 0.376 e. The molecule has 1 unspecified atom stereocenters. The fourth-order valence-electron chi connectivity index (χ4n) is 3.83. The molecule has 5 rings (SSSR count). The molecule has 3 heterocycles. The molecule has 1 atom stereocenters. The maximum Gasteiger partial charge on any atom is 0.232 e. The van der Waals surface area contributed by atoms with Gasteiger partial charge >= 0.3 is 0 Å². The van der Waals surface area contributed by atoms with Crippen LogP contribution in [0.1, 0.15) is 18.7 Å². The van der Waals surface area contributed by atoms with Gasteiger partial charge in [-0.05, 0) is 42.7 Å². The Bertz CT molecular complexity index is 1240. The molecule has 0 saturated carbocycles. The summed E-state index contributed by atoms with van der Waals surface area (Å²) in [5.41, 5.74) is 8.73. The number of nitrogens with two attached hydrogens (primary N) is 1. The zero-order valence-electron chi connectivity index (χ0n) is 18.4. The molecule has 1 aliphatic heterocycles. The first-order valence-electron chi connectivity index (χ1n) is 11.0. The lowest BCUT2D eigenvalue weighted by molar-refractivity contribution is 0.0954. The number of rotatable bonds is 8. The van der Waals surface area contributed by atoms with Gasteiger partial charge in [0.2, 0.25) is 11.9 Å². The van der Waals surface area contributed by atoms with Crippen molar-refractivity contribution in [1.82, 2.24) is 24.5 Å². The first-order valence-corrected chi connectivity index (χ1v) is 12.0. The van der Waals surface area contributed by atoms with Crippen LogP contribution >= 0.6 is 11.8 Å². The van der Waals surface area contributed by atoms with E-state index in [1.807, 2.05) is 24.4 Å². The highest BCUT2D eigenvalue weighted by atomic mass is 32.2. The summed E-state index contributed by atoms with van der Waals surface area (Å²) in [6.07, 6.45) is 4.20. The highest BCUT2D eigenvalue weighted by Gasteiger charge is 2.21. The molecule has 3 N–H and O–H groups in total. The lowest BCUT2D eigenvalue weighted by Gasteiger charge is -2.16. The summed E-state index contributed by atoms with van der Waals surface area (Å²) in [5.74, 6) is 1.09. The number of halogens is 1. The smallest absolute Gasteiger partial charge is 0.232 e. The van der Waals surface area contributed by atoms with E-state index in [1.165, 1.54) is 23.9 Å². The van der Waals surface area contributed by atoms with Gasteiger partial charge in [0.05, 0.1) is 30.3 Å². The van der Waals surface area contributed by atoms with Gasteiger partial charge in [-0.25, -0.2) is 9.37 Å². The van der Waals surface area contributed by atoms with Crippen LogP contribution in [0.25, 0.3) is 11.3 Å². The average Bonchev–Trinajstić information content (AvgIpc) is 3.50. The van der Waals surface area contributed by atoms with Crippen LogP contribution in [0, 0.1) is 5.82 Å². The molecular weight excluding hydrogens is 453 g/mol. The second kappa shape index (κ2) is 10.2. The van der Waals surface area contributed by atoms with Gasteiger partial charge in [-0.3, -0.25) is 0 Å². The summed E-state index contributed by atoms with van der Waals surface area (Å²) in [7, 11) is 0. The third-order valence-electron chi connectivity index (χ3n) is 5.43. The van der Waals surface area contributed by atoms with E-state index in [-0.39, 0.29) is 17.9 Å². The summed E-state index contributed by atoms with van der Waals surface area (Å²) in [6, 6.07) is 16.2. The SMILES string of the molecule is Nc1nc(CSc2ncc(-c3ccccc3)n2CC2CCCO2)nc(Nc2ccc(F)cc2)n1. The van der Waals surface area contributed by atoms with Crippen molar-refractivity contribution in [1.29, 1.82) is 0 Å². The van der Waals surface area contributed by atoms with Crippen molar-refractivity contribution < 1.29 is 9.13 Å². The maximum absolute atomic E-state index is 13.2. The van der Waals surface area contributed by atoms with Crippen molar-refractivity contribution in [2.45, 2.75) is 36.4 Å². The fraction of sp³-hybridized carbons (Fsp3) is 0.250. The van der Waals surface area contributed by atoms with E-state index in [0.717, 1.165) is 42.4 Å². The molecule has 4 aromatic rings. The number of benzene rings is 2. The fourth-order valence-corrected chi connectivity index (χ4v) is 4.67. The monoisotopic (exact) mass is 477 g/mol. The number of nitrogens with one attached hydrogen (secondary N) is 1. The van der Waals surface area contributed by atoms with Crippen LogP contribution in [0.2, 0.25) is 0 Å². The molecule has 1 aliphatic rings. The van der Waals surface area contributed by atoms with Crippen molar-refractivity contribution in [2.24, 2.45) is 0 Å². The van der Waals surface area contributed by atoms with Crippen molar-refractivity contribution in [3.63, 3.8) is 0 Å². The molecular formula is C24H24FN7OS. The quantitative estimate of drug-likeness (QED) is 0.353. The molecule has 0 aliphatic carbocycles. The lowest BCUT2D eigenvalue weighted by atomic mass is 10.1. The number of ether oxygens (including phenoxy) is 1. The Morgan fingerprint density at radius 2 is 1.91 bits per heavy atom. The number of hydrogen-bond donors (Lipinski definition) is 2. The van der Waals surface area contributed by atoms with E-state index in [9.17, 15) is 4.39 Å². The molecule has 0 spiro atoms.